The van der Waals surface area contributed by atoms with Crippen LogP contribution in [0.3, 0.4) is 0 Å². The van der Waals surface area contributed by atoms with E-state index in [2.05, 4.69) is 18.3 Å². The summed E-state index contributed by atoms with van der Waals surface area (Å²) in [5, 5.41) is 14.2. The van der Waals surface area contributed by atoms with Gasteiger partial charge in [-0.15, -0.1) is 11.3 Å². The second kappa shape index (κ2) is 5.37. The number of thiophene rings is 1. The molecule has 2 aromatic heterocycles. The van der Waals surface area contributed by atoms with Crippen LogP contribution in [0.15, 0.2) is 28.0 Å². The third-order valence-corrected chi connectivity index (χ3v) is 3.77. The highest BCUT2D eigenvalue weighted by Crippen LogP contribution is 2.20. The summed E-state index contributed by atoms with van der Waals surface area (Å²) in [5.74, 6) is -0.353. The van der Waals surface area contributed by atoms with Crippen LogP contribution < -0.4 is 5.32 Å². The van der Waals surface area contributed by atoms with Gasteiger partial charge in [-0.05, 0) is 31.4 Å². The van der Waals surface area contributed by atoms with E-state index in [9.17, 15) is 4.79 Å². The summed E-state index contributed by atoms with van der Waals surface area (Å²) < 4.78 is 5.28. The molecule has 4 nitrogen and oxygen atoms in total. The van der Waals surface area contributed by atoms with Crippen molar-refractivity contribution in [2.75, 3.05) is 0 Å². The van der Waals surface area contributed by atoms with E-state index in [1.54, 1.807) is 24.3 Å². The number of carboxylic acid groups (broad SMARTS) is 1. The molecule has 0 aliphatic carbocycles. The smallest absolute Gasteiger partial charge is 0.372 e. The van der Waals surface area contributed by atoms with Gasteiger partial charge in [-0.3, -0.25) is 0 Å². The summed E-state index contributed by atoms with van der Waals surface area (Å²) in [7, 11) is 0. The molecule has 2 N–H and O–H groups in total. The molecule has 0 amide bonds. The fraction of sp³-hybridized carbons (Fsp3) is 0.308. The van der Waals surface area contributed by atoms with E-state index in [-0.39, 0.29) is 11.8 Å². The molecule has 0 saturated carbocycles. The Morgan fingerprint density at radius 2 is 2.39 bits per heavy atom. The van der Waals surface area contributed by atoms with Crippen LogP contribution in [0.25, 0.3) is 0 Å². The van der Waals surface area contributed by atoms with Gasteiger partial charge < -0.3 is 14.8 Å². The van der Waals surface area contributed by atoms with Gasteiger partial charge in [-0.1, -0.05) is 6.07 Å². The number of carbonyl (C=O) groups is 1. The number of carboxylic acids is 1. The second-order valence-corrected chi connectivity index (χ2v) is 5.13. The van der Waals surface area contributed by atoms with E-state index in [1.165, 1.54) is 4.88 Å². The largest absolute Gasteiger partial charge is 0.475 e. The topological polar surface area (TPSA) is 62.5 Å². The predicted molar refractivity (Wildman–Crippen MR) is 70.0 cm³/mol. The van der Waals surface area contributed by atoms with Crippen LogP contribution in [0.4, 0.5) is 0 Å². The zero-order valence-electron chi connectivity index (χ0n) is 10.3. The number of aromatic carboxylic acids is 1. The van der Waals surface area contributed by atoms with Crippen molar-refractivity contribution >= 4 is 17.3 Å². The Bertz CT molecular complexity index is 530. The monoisotopic (exact) mass is 265 g/mol. The quantitative estimate of drug-likeness (QED) is 0.871. The molecule has 0 bridgehead atoms. The van der Waals surface area contributed by atoms with E-state index in [0.29, 0.717) is 17.9 Å². The van der Waals surface area contributed by atoms with Gasteiger partial charge in [0, 0.05) is 16.5 Å². The molecule has 5 heteroatoms. The van der Waals surface area contributed by atoms with Gasteiger partial charge in [0.2, 0.25) is 5.76 Å². The maximum Gasteiger partial charge on any atom is 0.372 e. The normalized spacial score (nSPS) is 12.6. The molecule has 0 aliphatic heterocycles. The fourth-order valence-electron chi connectivity index (χ4n) is 1.74. The van der Waals surface area contributed by atoms with Crippen LogP contribution in [0.2, 0.25) is 0 Å². The molecule has 0 aromatic carbocycles. The molecular formula is C13H15NO3S. The fourth-order valence-corrected chi connectivity index (χ4v) is 2.50. The van der Waals surface area contributed by atoms with Crippen molar-refractivity contribution in [2.24, 2.45) is 0 Å². The van der Waals surface area contributed by atoms with E-state index in [0.717, 1.165) is 0 Å². The summed E-state index contributed by atoms with van der Waals surface area (Å²) >= 11 is 1.69. The lowest BCUT2D eigenvalue weighted by atomic mass is 10.2. The molecule has 96 valence electrons. The third-order valence-electron chi connectivity index (χ3n) is 2.72. The highest BCUT2D eigenvalue weighted by molar-refractivity contribution is 7.10. The molecule has 18 heavy (non-hydrogen) atoms. The maximum atomic E-state index is 10.8. The van der Waals surface area contributed by atoms with Gasteiger partial charge in [0.1, 0.15) is 5.76 Å². The minimum atomic E-state index is -1.02. The first-order valence-corrected chi connectivity index (χ1v) is 6.55. The Morgan fingerprint density at radius 1 is 1.61 bits per heavy atom. The maximum absolute atomic E-state index is 10.8. The van der Waals surface area contributed by atoms with Gasteiger partial charge in [-0.25, -0.2) is 4.79 Å². The molecule has 0 aliphatic rings. The average Bonchev–Trinajstić information content (AvgIpc) is 2.94. The van der Waals surface area contributed by atoms with Crippen molar-refractivity contribution in [3.63, 3.8) is 0 Å². The Morgan fingerprint density at radius 3 is 2.94 bits per heavy atom. The van der Waals surface area contributed by atoms with Crippen molar-refractivity contribution < 1.29 is 14.3 Å². The summed E-state index contributed by atoms with van der Waals surface area (Å²) in [6.07, 6.45) is 0. The summed E-state index contributed by atoms with van der Waals surface area (Å²) in [6, 6.07) is 6.07. The second-order valence-electron chi connectivity index (χ2n) is 4.15. The lowest BCUT2D eigenvalue weighted by molar-refractivity contribution is 0.0659. The molecule has 0 saturated heterocycles. The minimum Gasteiger partial charge on any atom is -0.475 e. The molecule has 2 rings (SSSR count). The summed E-state index contributed by atoms with van der Waals surface area (Å²) in [4.78, 5) is 12.1. The SMILES string of the molecule is Cc1cc(CN[C@@H](C)c2cccs2)oc1C(=O)O. The molecule has 2 aromatic rings. The van der Waals surface area contributed by atoms with Gasteiger partial charge in [0.05, 0.1) is 6.54 Å². The van der Waals surface area contributed by atoms with Gasteiger partial charge in [-0.2, -0.15) is 0 Å². The molecule has 2 heterocycles. The van der Waals surface area contributed by atoms with Crippen molar-refractivity contribution in [3.8, 4) is 0 Å². The van der Waals surface area contributed by atoms with Gasteiger partial charge in [0.15, 0.2) is 0 Å². The van der Waals surface area contributed by atoms with Crippen LogP contribution in [-0.2, 0) is 6.54 Å². The highest BCUT2D eigenvalue weighted by Gasteiger charge is 2.14. The summed E-state index contributed by atoms with van der Waals surface area (Å²) in [6.45, 7) is 4.33. The first-order chi connectivity index (χ1) is 8.58. The van der Waals surface area contributed by atoms with Gasteiger partial charge >= 0.3 is 5.97 Å². The first kappa shape index (κ1) is 12.9. The summed E-state index contributed by atoms with van der Waals surface area (Å²) in [5.41, 5.74) is 0.656. The number of hydrogen-bond donors (Lipinski definition) is 2. The van der Waals surface area contributed by atoms with Crippen molar-refractivity contribution in [3.05, 3.63) is 45.5 Å². The molecular weight excluding hydrogens is 250 g/mol. The predicted octanol–water partition coefficient (Wildman–Crippen LogP) is 3.20. The number of hydrogen-bond acceptors (Lipinski definition) is 4. The van der Waals surface area contributed by atoms with Crippen molar-refractivity contribution in [1.29, 1.82) is 0 Å². The number of nitrogens with one attached hydrogen (secondary N) is 1. The number of aryl methyl sites for hydroxylation is 1. The van der Waals surface area contributed by atoms with E-state index in [1.807, 2.05) is 11.4 Å². The number of rotatable bonds is 5. The Labute approximate surface area is 109 Å². The first-order valence-electron chi connectivity index (χ1n) is 5.67. The Balaban J connectivity index is 1.98. The van der Waals surface area contributed by atoms with Crippen molar-refractivity contribution in [1.82, 2.24) is 5.32 Å². The molecule has 0 spiro atoms. The van der Waals surface area contributed by atoms with Crippen LogP contribution in [0, 0.1) is 6.92 Å². The lowest BCUT2D eigenvalue weighted by Crippen LogP contribution is -2.16. The molecule has 1 atom stereocenters. The van der Waals surface area contributed by atoms with E-state index < -0.39 is 5.97 Å². The van der Waals surface area contributed by atoms with Crippen LogP contribution in [-0.4, -0.2) is 11.1 Å². The highest BCUT2D eigenvalue weighted by atomic mass is 32.1. The van der Waals surface area contributed by atoms with Crippen LogP contribution in [0.5, 0.6) is 0 Å². The van der Waals surface area contributed by atoms with Crippen LogP contribution in [0.1, 0.15) is 39.7 Å². The number of furan rings is 1. The molecule has 0 unspecified atom stereocenters. The molecule has 0 radical (unpaired) electrons. The molecule has 0 fully saturated rings. The van der Waals surface area contributed by atoms with E-state index >= 15 is 0 Å². The van der Waals surface area contributed by atoms with Crippen LogP contribution >= 0.6 is 11.3 Å². The minimum absolute atomic E-state index is 0.0237. The van der Waals surface area contributed by atoms with Gasteiger partial charge in [0.25, 0.3) is 0 Å². The zero-order chi connectivity index (χ0) is 13.1. The average molecular weight is 265 g/mol. The third kappa shape index (κ3) is 2.80. The lowest BCUT2D eigenvalue weighted by Gasteiger charge is -2.10. The Kier molecular flexibility index (Phi) is 3.84. The standard InChI is InChI=1S/C13H15NO3S/c1-8-6-10(17-12(8)13(15)16)7-14-9(2)11-4-3-5-18-11/h3-6,9,14H,7H2,1-2H3,(H,15,16)/t9-/m0/s1. The van der Waals surface area contributed by atoms with Crippen molar-refractivity contribution in [2.45, 2.75) is 26.4 Å². The Hall–Kier alpha value is -1.59. The zero-order valence-corrected chi connectivity index (χ0v) is 11.1. The van der Waals surface area contributed by atoms with E-state index in [4.69, 9.17) is 9.52 Å².